The first-order chi connectivity index (χ1) is 8.36. The third-order valence-electron chi connectivity index (χ3n) is 3.16. The Balaban J connectivity index is 2.21. The Labute approximate surface area is 108 Å². The third kappa shape index (κ3) is 2.83. The van der Waals surface area contributed by atoms with E-state index in [1.807, 2.05) is 25.3 Å². The zero-order valence-corrected chi connectivity index (χ0v) is 11.0. The molecule has 0 saturated heterocycles. The number of ether oxygens (including phenoxy) is 1. The zero-order chi connectivity index (χ0) is 12.1. The number of alkyl halides is 1. The van der Waals surface area contributed by atoms with Gasteiger partial charge in [0.25, 0.3) is 0 Å². The number of pyridine rings is 1. The molecule has 0 unspecified atom stereocenters. The van der Waals surface area contributed by atoms with Crippen LogP contribution in [0.2, 0.25) is 0 Å². The number of hydrogen-bond acceptors (Lipinski definition) is 3. The summed E-state index contributed by atoms with van der Waals surface area (Å²) in [6.45, 7) is 3.49. The fourth-order valence-electron chi connectivity index (χ4n) is 2.12. The van der Waals surface area contributed by atoms with E-state index in [1.165, 1.54) is 19.3 Å². The van der Waals surface area contributed by atoms with E-state index in [-0.39, 0.29) is 0 Å². The first-order valence-corrected chi connectivity index (χ1v) is 6.80. The molecule has 2 rings (SSSR count). The average molecular weight is 255 g/mol. The van der Waals surface area contributed by atoms with Gasteiger partial charge in [0.05, 0.1) is 6.61 Å². The van der Waals surface area contributed by atoms with Crippen molar-refractivity contribution in [2.45, 2.75) is 32.2 Å². The van der Waals surface area contributed by atoms with Gasteiger partial charge >= 0.3 is 0 Å². The van der Waals surface area contributed by atoms with Crippen molar-refractivity contribution < 1.29 is 4.74 Å². The van der Waals surface area contributed by atoms with Gasteiger partial charge in [0.2, 0.25) is 0 Å². The number of anilines is 1. The molecule has 0 spiro atoms. The Morgan fingerprint density at radius 2 is 2.35 bits per heavy atom. The molecule has 0 N–H and O–H groups in total. The maximum Gasteiger partial charge on any atom is 0.171 e. The van der Waals surface area contributed by atoms with Crippen LogP contribution in [0.5, 0.6) is 5.75 Å². The maximum atomic E-state index is 5.89. The van der Waals surface area contributed by atoms with E-state index in [4.69, 9.17) is 16.3 Å². The molecule has 94 valence electrons. The number of hydrogen-bond donors (Lipinski definition) is 0. The molecule has 17 heavy (non-hydrogen) atoms. The summed E-state index contributed by atoms with van der Waals surface area (Å²) in [6.07, 6.45) is 5.59. The molecule has 0 aliphatic heterocycles. The molecule has 1 aromatic rings. The van der Waals surface area contributed by atoms with Crippen LogP contribution in [0.1, 0.15) is 26.2 Å². The van der Waals surface area contributed by atoms with E-state index in [1.54, 1.807) is 0 Å². The van der Waals surface area contributed by atoms with Crippen LogP contribution in [0.25, 0.3) is 0 Å². The van der Waals surface area contributed by atoms with Crippen LogP contribution in [-0.4, -0.2) is 30.1 Å². The highest BCUT2D eigenvalue weighted by Crippen LogP contribution is 2.33. The highest BCUT2D eigenvalue weighted by Gasteiger charge is 2.27. The lowest BCUT2D eigenvalue weighted by Crippen LogP contribution is -2.42. The van der Waals surface area contributed by atoms with Crippen molar-refractivity contribution in [3.05, 3.63) is 18.3 Å². The van der Waals surface area contributed by atoms with Crippen molar-refractivity contribution in [2.75, 3.05) is 23.9 Å². The maximum absolute atomic E-state index is 5.89. The van der Waals surface area contributed by atoms with Gasteiger partial charge in [-0.1, -0.05) is 0 Å². The molecular weight excluding hydrogens is 236 g/mol. The topological polar surface area (TPSA) is 25.4 Å². The lowest BCUT2D eigenvalue weighted by atomic mass is 9.91. The Morgan fingerprint density at radius 3 is 2.94 bits per heavy atom. The number of aromatic nitrogens is 1. The molecule has 4 heteroatoms. The second kappa shape index (κ2) is 6.10. The summed E-state index contributed by atoms with van der Waals surface area (Å²) >= 11 is 5.89. The van der Waals surface area contributed by atoms with E-state index >= 15 is 0 Å². The molecule has 0 aromatic carbocycles. The van der Waals surface area contributed by atoms with Gasteiger partial charge in [0.1, 0.15) is 0 Å². The van der Waals surface area contributed by atoms with Crippen molar-refractivity contribution in [3.63, 3.8) is 0 Å². The van der Waals surface area contributed by atoms with Crippen LogP contribution in [0, 0.1) is 0 Å². The summed E-state index contributed by atoms with van der Waals surface area (Å²) in [5, 5.41) is 0. The second-order valence-electron chi connectivity index (χ2n) is 4.23. The predicted octanol–water partition coefficient (Wildman–Crippen LogP) is 3.08. The molecular formula is C13H19ClN2O. The molecule has 0 radical (unpaired) electrons. The first kappa shape index (κ1) is 12.5. The van der Waals surface area contributed by atoms with Crippen LogP contribution in [-0.2, 0) is 0 Å². The highest BCUT2D eigenvalue weighted by atomic mass is 35.5. The quantitative estimate of drug-likeness (QED) is 0.730. The zero-order valence-electron chi connectivity index (χ0n) is 10.2. The van der Waals surface area contributed by atoms with Gasteiger partial charge in [-0.2, -0.15) is 0 Å². The molecule has 0 atom stereocenters. The molecule has 0 bridgehead atoms. The minimum atomic E-state index is 0.586. The molecule has 0 amide bonds. The van der Waals surface area contributed by atoms with Gasteiger partial charge in [-0.15, -0.1) is 11.6 Å². The van der Waals surface area contributed by atoms with Gasteiger partial charge in [-0.25, -0.2) is 4.98 Å². The SMILES string of the molecule is CCOc1cccnc1N(CCCl)C1CCC1. The summed E-state index contributed by atoms with van der Waals surface area (Å²) in [5.41, 5.74) is 0. The smallest absolute Gasteiger partial charge is 0.171 e. The molecule has 1 aromatic heterocycles. The lowest BCUT2D eigenvalue weighted by Gasteiger charge is -2.38. The molecule has 1 aliphatic rings. The molecule has 1 aliphatic carbocycles. The van der Waals surface area contributed by atoms with Crippen LogP contribution >= 0.6 is 11.6 Å². The summed E-state index contributed by atoms with van der Waals surface area (Å²) in [7, 11) is 0. The summed E-state index contributed by atoms with van der Waals surface area (Å²) in [4.78, 5) is 6.75. The van der Waals surface area contributed by atoms with Crippen LogP contribution in [0.4, 0.5) is 5.82 Å². The van der Waals surface area contributed by atoms with E-state index in [0.717, 1.165) is 18.1 Å². The number of rotatable bonds is 6. The van der Waals surface area contributed by atoms with Gasteiger partial charge in [-0.05, 0) is 38.3 Å². The van der Waals surface area contributed by atoms with Crippen molar-refractivity contribution in [2.24, 2.45) is 0 Å². The minimum Gasteiger partial charge on any atom is -0.490 e. The first-order valence-electron chi connectivity index (χ1n) is 6.27. The van der Waals surface area contributed by atoms with E-state index in [0.29, 0.717) is 18.5 Å². The van der Waals surface area contributed by atoms with Crippen molar-refractivity contribution in [1.82, 2.24) is 4.98 Å². The summed E-state index contributed by atoms with van der Waals surface area (Å²) < 4.78 is 5.64. The van der Waals surface area contributed by atoms with Gasteiger partial charge in [0, 0.05) is 24.7 Å². The fourth-order valence-corrected chi connectivity index (χ4v) is 2.30. The molecule has 1 fully saturated rings. The van der Waals surface area contributed by atoms with Gasteiger partial charge in [0.15, 0.2) is 11.6 Å². The van der Waals surface area contributed by atoms with Gasteiger partial charge < -0.3 is 9.64 Å². The van der Waals surface area contributed by atoms with Crippen molar-refractivity contribution in [1.29, 1.82) is 0 Å². The third-order valence-corrected chi connectivity index (χ3v) is 3.33. The number of halogens is 1. The molecule has 3 nitrogen and oxygen atoms in total. The molecule has 1 heterocycles. The van der Waals surface area contributed by atoms with Crippen molar-refractivity contribution in [3.8, 4) is 5.75 Å². The Bertz CT molecular complexity index is 355. The predicted molar refractivity (Wildman–Crippen MR) is 71.1 cm³/mol. The standard InChI is InChI=1S/C13H19ClN2O/c1-2-17-12-7-4-9-15-13(12)16(10-8-14)11-5-3-6-11/h4,7,9,11H,2-3,5-6,8,10H2,1H3. The Hall–Kier alpha value is -0.960. The fraction of sp³-hybridized carbons (Fsp3) is 0.615. The largest absolute Gasteiger partial charge is 0.490 e. The van der Waals surface area contributed by atoms with E-state index in [2.05, 4.69) is 9.88 Å². The highest BCUT2D eigenvalue weighted by molar-refractivity contribution is 6.18. The normalized spacial score (nSPS) is 15.4. The Morgan fingerprint density at radius 1 is 1.53 bits per heavy atom. The monoisotopic (exact) mass is 254 g/mol. The average Bonchev–Trinajstić information content (AvgIpc) is 2.27. The summed E-state index contributed by atoms with van der Waals surface area (Å²) in [6, 6.07) is 4.47. The van der Waals surface area contributed by atoms with Crippen LogP contribution in [0.3, 0.4) is 0 Å². The summed E-state index contributed by atoms with van der Waals surface area (Å²) in [5.74, 6) is 2.44. The van der Waals surface area contributed by atoms with E-state index in [9.17, 15) is 0 Å². The minimum absolute atomic E-state index is 0.586. The van der Waals surface area contributed by atoms with E-state index < -0.39 is 0 Å². The lowest BCUT2D eigenvalue weighted by molar-refractivity contribution is 0.332. The second-order valence-corrected chi connectivity index (χ2v) is 4.60. The van der Waals surface area contributed by atoms with Crippen LogP contribution in [0.15, 0.2) is 18.3 Å². The van der Waals surface area contributed by atoms with Crippen LogP contribution < -0.4 is 9.64 Å². The van der Waals surface area contributed by atoms with Gasteiger partial charge in [-0.3, -0.25) is 0 Å². The molecule has 1 saturated carbocycles. The Kier molecular flexibility index (Phi) is 4.49. The van der Waals surface area contributed by atoms with Crippen molar-refractivity contribution >= 4 is 17.4 Å². The number of nitrogens with zero attached hydrogens (tertiary/aromatic N) is 2.